The first-order valence-corrected chi connectivity index (χ1v) is 15.4. The summed E-state index contributed by atoms with van der Waals surface area (Å²) in [5.74, 6) is -1.57. The largest absolute Gasteiger partial charge is 0.495 e. The molecule has 1 amide bonds. The number of ether oxygens (including phenoxy) is 1. The number of carbonyl (C=O) groups is 1. The third-order valence-electron chi connectivity index (χ3n) is 7.19. The monoisotopic (exact) mass is 639 g/mol. The standard InChI is InChI=1S/C28H33F4N7O4S/c1-38-11-9-20(10-12-38)35-26(40)17-6-8-22(24(13-17)43-3)36-27-34-16-21(28(30,31)32)25(37-27)33-15-18-5-7-19(29)14-23(18)39(2)44(4,41)42/h5-8,13-14,16,20H,9-12,15H2,1-4H3,(H,35,40)(H2,33,34,36,37). The number of anilines is 4. The van der Waals surface area contributed by atoms with Gasteiger partial charge in [0, 0.05) is 31.4 Å². The topological polar surface area (TPSA) is 129 Å². The molecule has 3 N–H and O–H groups in total. The molecule has 11 nitrogen and oxygen atoms in total. The molecular weight excluding hydrogens is 606 g/mol. The van der Waals surface area contributed by atoms with Crippen molar-refractivity contribution in [2.45, 2.75) is 31.6 Å². The van der Waals surface area contributed by atoms with E-state index in [1.807, 2.05) is 7.05 Å². The molecule has 1 saturated heterocycles. The number of nitrogens with zero attached hydrogens (tertiary/aromatic N) is 4. The van der Waals surface area contributed by atoms with Gasteiger partial charge in [0.2, 0.25) is 16.0 Å². The zero-order valence-electron chi connectivity index (χ0n) is 24.5. The van der Waals surface area contributed by atoms with E-state index >= 15 is 0 Å². The predicted octanol–water partition coefficient (Wildman–Crippen LogP) is 4.22. The second-order valence-electron chi connectivity index (χ2n) is 10.4. The molecule has 3 aromatic rings. The summed E-state index contributed by atoms with van der Waals surface area (Å²) >= 11 is 0. The first kappa shape index (κ1) is 32.7. The Bertz CT molecular complexity index is 1610. The van der Waals surface area contributed by atoms with Gasteiger partial charge in [-0.15, -0.1) is 0 Å². The van der Waals surface area contributed by atoms with E-state index in [0.717, 1.165) is 48.6 Å². The highest BCUT2D eigenvalue weighted by Crippen LogP contribution is 2.35. The van der Waals surface area contributed by atoms with Gasteiger partial charge in [0.05, 0.1) is 24.7 Å². The molecule has 16 heteroatoms. The van der Waals surface area contributed by atoms with Crippen LogP contribution in [0.15, 0.2) is 42.6 Å². The van der Waals surface area contributed by atoms with E-state index in [4.69, 9.17) is 4.74 Å². The Morgan fingerprint density at radius 3 is 2.50 bits per heavy atom. The summed E-state index contributed by atoms with van der Waals surface area (Å²) in [6.45, 7) is 1.44. The fraction of sp³-hybridized carbons (Fsp3) is 0.393. The highest BCUT2D eigenvalue weighted by Gasteiger charge is 2.35. The third-order valence-corrected chi connectivity index (χ3v) is 8.38. The molecule has 0 atom stereocenters. The number of benzene rings is 2. The molecule has 0 aliphatic carbocycles. The number of aromatic nitrogens is 2. The van der Waals surface area contributed by atoms with Crippen molar-refractivity contribution in [3.8, 4) is 5.75 Å². The van der Waals surface area contributed by atoms with Crippen molar-refractivity contribution in [3.05, 3.63) is 65.1 Å². The molecule has 1 aromatic heterocycles. The van der Waals surface area contributed by atoms with Crippen LogP contribution in [0.5, 0.6) is 5.75 Å². The molecule has 0 radical (unpaired) electrons. The van der Waals surface area contributed by atoms with E-state index < -0.39 is 33.4 Å². The normalized spacial score (nSPS) is 14.6. The molecule has 0 bridgehead atoms. The Balaban J connectivity index is 1.56. The molecule has 0 unspecified atom stereocenters. The van der Waals surface area contributed by atoms with Crippen LogP contribution in [0, 0.1) is 5.82 Å². The van der Waals surface area contributed by atoms with E-state index in [1.165, 1.54) is 32.4 Å². The molecule has 4 rings (SSSR count). The molecule has 238 valence electrons. The average molecular weight is 640 g/mol. The van der Waals surface area contributed by atoms with E-state index in [0.29, 0.717) is 17.4 Å². The Labute approximate surface area is 252 Å². The van der Waals surface area contributed by atoms with Crippen LogP contribution in [0.1, 0.15) is 34.3 Å². The molecule has 2 heterocycles. The maximum absolute atomic E-state index is 13.9. The summed E-state index contributed by atoms with van der Waals surface area (Å²) in [4.78, 5) is 22.8. The lowest BCUT2D eigenvalue weighted by atomic mass is 10.0. The first-order valence-electron chi connectivity index (χ1n) is 13.5. The zero-order chi connectivity index (χ0) is 32.2. The van der Waals surface area contributed by atoms with Gasteiger partial charge in [-0.3, -0.25) is 9.10 Å². The van der Waals surface area contributed by atoms with E-state index in [-0.39, 0.29) is 41.4 Å². The Hall–Kier alpha value is -4.18. The summed E-state index contributed by atoms with van der Waals surface area (Å²) in [5, 5.41) is 8.42. The van der Waals surface area contributed by atoms with Gasteiger partial charge in [0.25, 0.3) is 5.91 Å². The number of piperidine rings is 1. The van der Waals surface area contributed by atoms with E-state index in [2.05, 4.69) is 30.8 Å². The van der Waals surface area contributed by atoms with Crippen LogP contribution in [0.4, 0.5) is 40.7 Å². The molecule has 1 aliphatic heterocycles. The molecule has 0 saturated carbocycles. The SMILES string of the molecule is COc1cc(C(=O)NC2CCN(C)CC2)ccc1Nc1ncc(C(F)(F)F)c(NCc2ccc(F)cc2N(C)S(C)(=O)=O)n1. The van der Waals surface area contributed by atoms with Crippen LogP contribution < -0.4 is 25.0 Å². The Morgan fingerprint density at radius 1 is 1.16 bits per heavy atom. The molecule has 1 fully saturated rings. The summed E-state index contributed by atoms with van der Waals surface area (Å²) in [7, 11) is 0.822. The van der Waals surface area contributed by atoms with Gasteiger partial charge in [0.15, 0.2) is 0 Å². The van der Waals surface area contributed by atoms with Crippen molar-refractivity contribution in [2.75, 3.05) is 55.5 Å². The number of carbonyl (C=O) groups excluding carboxylic acids is 1. The highest BCUT2D eigenvalue weighted by atomic mass is 32.2. The lowest BCUT2D eigenvalue weighted by molar-refractivity contribution is -0.137. The van der Waals surface area contributed by atoms with Crippen molar-refractivity contribution in [2.24, 2.45) is 0 Å². The van der Waals surface area contributed by atoms with Gasteiger partial charge >= 0.3 is 6.18 Å². The van der Waals surface area contributed by atoms with Crippen molar-refractivity contribution < 1.29 is 35.5 Å². The maximum atomic E-state index is 13.9. The van der Waals surface area contributed by atoms with Gasteiger partial charge in [0.1, 0.15) is 22.9 Å². The maximum Gasteiger partial charge on any atom is 0.421 e. The summed E-state index contributed by atoms with van der Waals surface area (Å²) < 4.78 is 85.8. The number of nitrogens with one attached hydrogen (secondary N) is 3. The number of hydrogen-bond acceptors (Lipinski definition) is 9. The number of hydrogen-bond donors (Lipinski definition) is 3. The predicted molar refractivity (Wildman–Crippen MR) is 158 cm³/mol. The van der Waals surface area contributed by atoms with Crippen LogP contribution in [0.3, 0.4) is 0 Å². The smallest absolute Gasteiger partial charge is 0.421 e. The molecule has 2 aromatic carbocycles. The minimum Gasteiger partial charge on any atom is -0.495 e. The number of halogens is 4. The molecule has 44 heavy (non-hydrogen) atoms. The van der Waals surface area contributed by atoms with Crippen LogP contribution in [0.2, 0.25) is 0 Å². The summed E-state index contributed by atoms with van der Waals surface area (Å²) in [6.07, 6.45) is -1.64. The number of methoxy groups -OCH3 is 1. The molecular formula is C28H33F4N7O4S. The number of alkyl halides is 3. The van der Waals surface area contributed by atoms with Crippen LogP contribution in [-0.4, -0.2) is 75.8 Å². The first-order chi connectivity index (χ1) is 20.7. The van der Waals surface area contributed by atoms with Gasteiger partial charge in [-0.05, 0) is 68.9 Å². The van der Waals surface area contributed by atoms with Gasteiger partial charge in [-0.2, -0.15) is 18.2 Å². The quantitative estimate of drug-likeness (QED) is 0.280. The number of sulfonamides is 1. The van der Waals surface area contributed by atoms with Gasteiger partial charge < -0.3 is 25.6 Å². The summed E-state index contributed by atoms with van der Waals surface area (Å²) in [5.41, 5.74) is -0.376. The second kappa shape index (κ2) is 13.2. The third kappa shape index (κ3) is 8.05. The highest BCUT2D eigenvalue weighted by molar-refractivity contribution is 7.92. The molecule has 1 aliphatic rings. The number of rotatable bonds is 10. The van der Waals surface area contributed by atoms with Gasteiger partial charge in [-0.25, -0.2) is 17.8 Å². The summed E-state index contributed by atoms with van der Waals surface area (Å²) in [6, 6.07) is 7.94. The lowest BCUT2D eigenvalue weighted by Crippen LogP contribution is -2.43. The second-order valence-corrected chi connectivity index (χ2v) is 12.4. The number of amides is 1. The van der Waals surface area contributed by atoms with Crippen LogP contribution in [-0.2, 0) is 22.7 Å². The van der Waals surface area contributed by atoms with Crippen molar-refractivity contribution in [1.82, 2.24) is 20.2 Å². The van der Waals surface area contributed by atoms with Crippen molar-refractivity contribution in [3.63, 3.8) is 0 Å². The van der Waals surface area contributed by atoms with Crippen molar-refractivity contribution >= 4 is 39.1 Å². The average Bonchev–Trinajstić information content (AvgIpc) is 2.96. The fourth-order valence-electron chi connectivity index (χ4n) is 4.60. The minimum atomic E-state index is -4.82. The fourth-order valence-corrected chi connectivity index (χ4v) is 5.13. The van der Waals surface area contributed by atoms with E-state index in [1.54, 1.807) is 6.07 Å². The van der Waals surface area contributed by atoms with Crippen molar-refractivity contribution in [1.29, 1.82) is 0 Å². The van der Waals surface area contributed by atoms with Gasteiger partial charge in [-0.1, -0.05) is 6.07 Å². The minimum absolute atomic E-state index is 0.0479. The van der Waals surface area contributed by atoms with E-state index in [9.17, 15) is 30.8 Å². The van der Waals surface area contributed by atoms with Crippen LogP contribution in [0.25, 0.3) is 0 Å². The Kier molecular flexibility index (Phi) is 9.83. The van der Waals surface area contributed by atoms with Crippen LogP contribution >= 0.6 is 0 Å². The number of likely N-dealkylation sites (tertiary alicyclic amines) is 1. The lowest BCUT2D eigenvalue weighted by Gasteiger charge is -2.29. The zero-order valence-corrected chi connectivity index (χ0v) is 25.3. The Morgan fingerprint density at radius 2 is 1.86 bits per heavy atom. The molecule has 0 spiro atoms.